The van der Waals surface area contributed by atoms with E-state index < -0.39 is 0 Å². The molecule has 0 spiro atoms. The molecule has 16 heavy (non-hydrogen) atoms. The van der Waals surface area contributed by atoms with Gasteiger partial charge in [0.25, 0.3) is 0 Å². The molecule has 1 fully saturated rings. The van der Waals surface area contributed by atoms with Crippen LogP contribution in [0.5, 0.6) is 0 Å². The molecule has 3 nitrogen and oxygen atoms in total. The third kappa shape index (κ3) is 2.23. The number of thiazole rings is 1. The lowest BCUT2D eigenvalue weighted by molar-refractivity contribution is 0.112. The van der Waals surface area contributed by atoms with Crippen molar-refractivity contribution in [3.63, 3.8) is 0 Å². The molecule has 0 aliphatic carbocycles. The van der Waals surface area contributed by atoms with Crippen molar-refractivity contribution in [1.29, 1.82) is 0 Å². The van der Waals surface area contributed by atoms with Crippen LogP contribution >= 0.6 is 22.9 Å². The first-order valence-electron chi connectivity index (χ1n) is 5.50. The monoisotopic (exact) mass is 258 g/mol. The molecular formula is C11H15ClN2OS. The highest BCUT2D eigenvalue weighted by Gasteiger charge is 2.25. The van der Waals surface area contributed by atoms with Crippen LogP contribution < -0.4 is 4.90 Å². The van der Waals surface area contributed by atoms with Crippen molar-refractivity contribution in [2.45, 2.75) is 32.7 Å². The molecule has 2 heterocycles. The minimum absolute atomic E-state index is 0.334. The Morgan fingerprint density at radius 2 is 2.31 bits per heavy atom. The molecule has 1 saturated heterocycles. The Bertz CT molecular complexity index is 393. The molecule has 2 rings (SSSR count). The van der Waals surface area contributed by atoms with E-state index in [-0.39, 0.29) is 0 Å². The van der Waals surface area contributed by atoms with E-state index in [1.54, 1.807) is 0 Å². The molecule has 2 unspecified atom stereocenters. The molecule has 1 aliphatic heterocycles. The second kappa shape index (κ2) is 4.72. The summed E-state index contributed by atoms with van der Waals surface area (Å²) >= 11 is 7.27. The van der Waals surface area contributed by atoms with E-state index in [4.69, 9.17) is 11.6 Å². The number of aromatic nitrogens is 1. The maximum absolute atomic E-state index is 10.7. The number of hydrogen-bond acceptors (Lipinski definition) is 4. The predicted molar refractivity (Wildman–Crippen MR) is 67.7 cm³/mol. The van der Waals surface area contributed by atoms with Gasteiger partial charge in [-0.25, -0.2) is 4.98 Å². The van der Waals surface area contributed by atoms with Gasteiger partial charge in [-0.05, 0) is 25.7 Å². The van der Waals surface area contributed by atoms with Crippen molar-refractivity contribution < 1.29 is 4.79 Å². The largest absolute Gasteiger partial charge is 0.345 e. The summed E-state index contributed by atoms with van der Waals surface area (Å²) < 4.78 is 0. The summed E-state index contributed by atoms with van der Waals surface area (Å²) in [5, 5.41) is 1.22. The number of nitrogens with zero attached hydrogens (tertiary/aromatic N) is 2. The molecule has 1 aliphatic rings. The molecule has 1 aromatic heterocycles. The van der Waals surface area contributed by atoms with Crippen LogP contribution in [0.15, 0.2) is 0 Å². The Hall–Kier alpha value is -0.610. The molecule has 0 radical (unpaired) electrons. The van der Waals surface area contributed by atoms with E-state index in [0.29, 0.717) is 16.1 Å². The van der Waals surface area contributed by atoms with Gasteiger partial charge in [0.05, 0.1) is 0 Å². The third-order valence-electron chi connectivity index (χ3n) is 3.09. The molecule has 1 aromatic rings. The van der Waals surface area contributed by atoms with Gasteiger partial charge in [0.1, 0.15) is 4.88 Å². The first kappa shape index (κ1) is 11.9. The lowest BCUT2D eigenvalue weighted by Crippen LogP contribution is -2.40. The standard InChI is InChI=1S/C11H15ClN2OS/c1-7-3-4-14(8(2)5-7)11-13-10(12)9(6-15)16-11/h6-8H,3-5H2,1-2H3. The Kier molecular flexibility index (Phi) is 3.50. The molecule has 0 bridgehead atoms. The Morgan fingerprint density at radius 1 is 1.56 bits per heavy atom. The maximum atomic E-state index is 10.7. The summed E-state index contributed by atoms with van der Waals surface area (Å²) in [6.07, 6.45) is 3.13. The van der Waals surface area contributed by atoms with Crippen molar-refractivity contribution in [2.75, 3.05) is 11.4 Å². The van der Waals surface area contributed by atoms with Crippen LogP contribution in [-0.2, 0) is 0 Å². The molecule has 88 valence electrons. The van der Waals surface area contributed by atoms with Crippen LogP contribution in [0.2, 0.25) is 5.15 Å². The summed E-state index contributed by atoms with van der Waals surface area (Å²) in [6.45, 7) is 5.48. The minimum Gasteiger partial charge on any atom is -0.345 e. The van der Waals surface area contributed by atoms with Crippen molar-refractivity contribution in [3.8, 4) is 0 Å². The van der Waals surface area contributed by atoms with E-state index in [2.05, 4.69) is 23.7 Å². The van der Waals surface area contributed by atoms with E-state index in [0.717, 1.165) is 23.9 Å². The predicted octanol–water partition coefficient (Wildman–Crippen LogP) is 3.23. The van der Waals surface area contributed by atoms with E-state index in [9.17, 15) is 4.79 Å². The summed E-state index contributed by atoms with van der Waals surface area (Å²) in [7, 11) is 0. The molecule has 0 amide bonds. The zero-order valence-corrected chi connectivity index (χ0v) is 11.0. The number of hydrogen-bond donors (Lipinski definition) is 0. The second-order valence-corrected chi connectivity index (χ2v) is 5.81. The lowest BCUT2D eigenvalue weighted by atomic mass is 9.94. The van der Waals surface area contributed by atoms with Gasteiger partial charge in [-0.15, -0.1) is 0 Å². The molecule has 2 atom stereocenters. The van der Waals surface area contributed by atoms with Crippen molar-refractivity contribution in [3.05, 3.63) is 10.0 Å². The number of rotatable bonds is 2. The SMILES string of the molecule is CC1CCN(c2nc(Cl)c(C=O)s2)C(C)C1. The Labute approximate surface area is 104 Å². The van der Waals surface area contributed by atoms with E-state index in [1.165, 1.54) is 24.2 Å². The smallest absolute Gasteiger partial charge is 0.187 e. The summed E-state index contributed by atoms with van der Waals surface area (Å²) in [5.74, 6) is 0.771. The van der Waals surface area contributed by atoms with Gasteiger partial charge >= 0.3 is 0 Å². The van der Waals surface area contributed by atoms with Gasteiger partial charge in [0.2, 0.25) is 0 Å². The molecular weight excluding hydrogens is 244 g/mol. The van der Waals surface area contributed by atoms with Crippen molar-refractivity contribution in [1.82, 2.24) is 4.98 Å². The quantitative estimate of drug-likeness (QED) is 0.764. The number of aldehydes is 1. The van der Waals surface area contributed by atoms with Crippen LogP contribution in [0.4, 0.5) is 5.13 Å². The highest BCUT2D eigenvalue weighted by molar-refractivity contribution is 7.17. The molecule has 0 N–H and O–H groups in total. The van der Waals surface area contributed by atoms with Gasteiger partial charge < -0.3 is 4.90 Å². The first-order chi connectivity index (χ1) is 7.61. The topological polar surface area (TPSA) is 33.2 Å². The van der Waals surface area contributed by atoms with Gasteiger partial charge in [-0.2, -0.15) is 0 Å². The zero-order valence-electron chi connectivity index (χ0n) is 9.44. The van der Waals surface area contributed by atoms with Gasteiger partial charge in [0.15, 0.2) is 16.6 Å². The van der Waals surface area contributed by atoms with Crippen molar-refractivity contribution in [2.24, 2.45) is 5.92 Å². The van der Waals surface area contributed by atoms with Crippen LogP contribution in [0.1, 0.15) is 36.4 Å². The molecule has 0 saturated carbocycles. The highest BCUT2D eigenvalue weighted by Crippen LogP contribution is 2.33. The summed E-state index contributed by atoms with van der Waals surface area (Å²) in [6, 6.07) is 0.477. The number of carbonyl (C=O) groups is 1. The maximum Gasteiger partial charge on any atom is 0.187 e. The van der Waals surface area contributed by atoms with Crippen LogP contribution in [0, 0.1) is 5.92 Å². The first-order valence-corrected chi connectivity index (χ1v) is 6.69. The number of halogens is 1. The van der Waals surface area contributed by atoms with Gasteiger partial charge in [-0.3, -0.25) is 4.79 Å². The Balaban J connectivity index is 2.20. The normalized spacial score (nSPS) is 25.8. The zero-order chi connectivity index (χ0) is 11.7. The number of anilines is 1. The lowest BCUT2D eigenvalue weighted by Gasteiger charge is -2.36. The van der Waals surface area contributed by atoms with E-state index in [1.807, 2.05) is 0 Å². The third-order valence-corrected chi connectivity index (χ3v) is 4.51. The van der Waals surface area contributed by atoms with Crippen LogP contribution in [0.3, 0.4) is 0 Å². The average molecular weight is 259 g/mol. The Morgan fingerprint density at radius 3 is 2.88 bits per heavy atom. The van der Waals surface area contributed by atoms with E-state index >= 15 is 0 Å². The second-order valence-electron chi connectivity index (χ2n) is 4.44. The fraction of sp³-hybridized carbons (Fsp3) is 0.636. The fourth-order valence-corrected chi connectivity index (χ4v) is 3.38. The summed E-state index contributed by atoms with van der Waals surface area (Å²) in [4.78, 5) is 17.8. The number of carbonyl (C=O) groups excluding carboxylic acids is 1. The molecule has 0 aromatic carbocycles. The fourth-order valence-electron chi connectivity index (χ4n) is 2.19. The van der Waals surface area contributed by atoms with Crippen LogP contribution in [0.25, 0.3) is 0 Å². The van der Waals surface area contributed by atoms with Gasteiger partial charge in [-0.1, -0.05) is 29.9 Å². The number of piperidine rings is 1. The van der Waals surface area contributed by atoms with Crippen molar-refractivity contribution >= 4 is 34.4 Å². The average Bonchev–Trinajstić information content (AvgIpc) is 2.59. The summed E-state index contributed by atoms with van der Waals surface area (Å²) in [5.41, 5.74) is 0. The van der Waals surface area contributed by atoms with Crippen LogP contribution in [-0.4, -0.2) is 23.9 Å². The van der Waals surface area contributed by atoms with Gasteiger partial charge in [0, 0.05) is 12.6 Å². The highest BCUT2D eigenvalue weighted by atomic mass is 35.5. The molecule has 5 heteroatoms. The minimum atomic E-state index is 0.334.